The van der Waals surface area contributed by atoms with E-state index in [0.717, 1.165) is 41.3 Å². The highest BCUT2D eigenvalue weighted by Gasteiger charge is 1.98. The molecule has 0 saturated carbocycles. The van der Waals surface area contributed by atoms with E-state index >= 15 is 0 Å². The van der Waals surface area contributed by atoms with Gasteiger partial charge in [-0.1, -0.05) is 19.4 Å². The van der Waals surface area contributed by atoms with Gasteiger partial charge >= 0.3 is 0 Å². The lowest BCUT2D eigenvalue weighted by Gasteiger charge is -2.05. The highest BCUT2D eigenvalue weighted by molar-refractivity contribution is 5.46. The van der Waals surface area contributed by atoms with Crippen LogP contribution in [0.5, 0.6) is 0 Å². The van der Waals surface area contributed by atoms with Gasteiger partial charge in [-0.3, -0.25) is 4.98 Å². The van der Waals surface area contributed by atoms with Crippen molar-refractivity contribution in [2.24, 2.45) is 5.73 Å². The summed E-state index contributed by atoms with van der Waals surface area (Å²) >= 11 is 0. The number of aryl methyl sites for hydroxylation is 1. The largest absolute Gasteiger partial charge is 0.402 e. The molecule has 3 N–H and O–H groups in total. The number of unbranched alkanes of at least 4 members (excludes halogenated alkanes) is 1. The minimum Gasteiger partial charge on any atom is -0.402 e. The molecule has 23 heavy (non-hydrogen) atoms. The van der Waals surface area contributed by atoms with Crippen LogP contribution in [0.3, 0.4) is 0 Å². The maximum absolute atomic E-state index is 6.01. The summed E-state index contributed by atoms with van der Waals surface area (Å²) in [5, 5.41) is 5.47. The fourth-order valence-electron chi connectivity index (χ4n) is 2.39. The first-order valence-corrected chi connectivity index (χ1v) is 8.17. The van der Waals surface area contributed by atoms with E-state index in [9.17, 15) is 0 Å². The Bertz CT molecular complexity index is 761. The highest BCUT2D eigenvalue weighted by atomic mass is 15.0. The topological polar surface area (TPSA) is 63.8 Å². The molecule has 0 aliphatic carbocycles. The second-order valence-corrected chi connectivity index (χ2v) is 5.83. The molecule has 0 spiro atoms. The Morgan fingerprint density at radius 1 is 1.35 bits per heavy atom. The van der Waals surface area contributed by atoms with Gasteiger partial charge in [0.05, 0.1) is 0 Å². The quantitative estimate of drug-likeness (QED) is 0.802. The van der Waals surface area contributed by atoms with Gasteiger partial charge in [-0.15, -0.1) is 0 Å². The van der Waals surface area contributed by atoms with Crippen LogP contribution in [0.15, 0.2) is 30.7 Å². The maximum atomic E-state index is 6.01. The average molecular weight is 310 g/mol. The van der Waals surface area contributed by atoms with Crippen molar-refractivity contribution in [3.8, 4) is 0 Å². The minimum atomic E-state index is 0.784. The molecule has 0 saturated heterocycles. The van der Waals surface area contributed by atoms with Crippen molar-refractivity contribution in [3.63, 3.8) is 0 Å². The molecule has 0 unspecified atom stereocenters. The molecule has 2 rings (SSSR count). The van der Waals surface area contributed by atoms with Gasteiger partial charge in [-0.2, -0.15) is 0 Å². The van der Waals surface area contributed by atoms with Gasteiger partial charge in [0.2, 0.25) is 0 Å². The summed E-state index contributed by atoms with van der Waals surface area (Å²) < 4.78 is 0. The average Bonchev–Trinajstić information content (AvgIpc) is 2.54. The predicted octanol–water partition coefficient (Wildman–Crippen LogP) is 2.11. The third kappa shape index (κ3) is 4.81. The van der Waals surface area contributed by atoms with Gasteiger partial charge < -0.3 is 11.1 Å². The van der Waals surface area contributed by atoms with Gasteiger partial charge in [0.25, 0.3) is 0 Å². The number of nitrogens with zero attached hydrogens (tertiary/aromatic N) is 2. The van der Waals surface area contributed by atoms with E-state index in [4.69, 9.17) is 5.73 Å². The van der Waals surface area contributed by atoms with E-state index < -0.39 is 0 Å². The van der Waals surface area contributed by atoms with Crippen molar-refractivity contribution >= 4 is 17.6 Å². The molecule has 0 atom stereocenters. The fourth-order valence-corrected chi connectivity index (χ4v) is 2.39. The summed E-state index contributed by atoms with van der Waals surface area (Å²) in [6.07, 6.45) is 10.9. The lowest BCUT2D eigenvalue weighted by Crippen LogP contribution is -2.30. The molecule has 2 aromatic heterocycles. The van der Waals surface area contributed by atoms with Crippen molar-refractivity contribution in [2.45, 2.75) is 40.0 Å². The van der Waals surface area contributed by atoms with Gasteiger partial charge in [0, 0.05) is 36.1 Å². The van der Waals surface area contributed by atoms with Crippen molar-refractivity contribution in [1.82, 2.24) is 9.97 Å². The summed E-state index contributed by atoms with van der Waals surface area (Å²) in [6.45, 7) is 7.14. The number of aromatic nitrogens is 2. The highest BCUT2D eigenvalue weighted by Crippen LogP contribution is 2.06. The monoisotopic (exact) mass is 310 g/mol. The Kier molecular flexibility index (Phi) is 6.15. The fraction of sp³-hybridized carbons (Fsp3) is 0.368. The van der Waals surface area contributed by atoms with Crippen molar-refractivity contribution in [2.75, 3.05) is 11.9 Å². The van der Waals surface area contributed by atoms with Gasteiger partial charge in [0.15, 0.2) is 0 Å². The van der Waals surface area contributed by atoms with Crippen LogP contribution in [0.2, 0.25) is 0 Å². The summed E-state index contributed by atoms with van der Waals surface area (Å²) in [5.74, 6) is 0.901. The molecule has 4 nitrogen and oxygen atoms in total. The third-order valence-corrected chi connectivity index (χ3v) is 3.89. The molecular weight excluding hydrogens is 284 g/mol. The van der Waals surface area contributed by atoms with Gasteiger partial charge in [0.1, 0.15) is 5.82 Å². The normalized spacial score (nSPS) is 13.1. The Balaban J connectivity index is 2.34. The van der Waals surface area contributed by atoms with Crippen LogP contribution >= 0.6 is 0 Å². The van der Waals surface area contributed by atoms with E-state index in [-0.39, 0.29) is 0 Å². The van der Waals surface area contributed by atoms with Crippen LogP contribution in [0.4, 0.5) is 5.82 Å². The van der Waals surface area contributed by atoms with E-state index in [1.807, 2.05) is 31.6 Å². The zero-order valence-electron chi connectivity index (χ0n) is 14.3. The van der Waals surface area contributed by atoms with Crippen LogP contribution in [0, 0.1) is 6.92 Å². The van der Waals surface area contributed by atoms with Crippen molar-refractivity contribution in [3.05, 3.63) is 52.3 Å². The number of anilines is 1. The summed E-state index contributed by atoms with van der Waals surface area (Å²) in [5.41, 5.74) is 9.27. The van der Waals surface area contributed by atoms with Crippen LogP contribution in [-0.4, -0.2) is 16.5 Å². The smallest absolute Gasteiger partial charge is 0.126 e. The predicted molar refractivity (Wildman–Crippen MR) is 97.3 cm³/mol. The third-order valence-electron chi connectivity index (χ3n) is 3.89. The second kappa shape index (κ2) is 8.32. The number of rotatable bonds is 6. The minimum absolute atomic E-state index is 0.784. The van der Waals surface area contributed by atoms with Gasteiger partial charge in [-0.05, 0) is 55.2 Å². The van der Waals surface area contributed by atoms with Crippen molar-refractivity contribution in [1.29, 1.82) is 0 Å². The van der Waals surface area contributed by atoms with E-state index in [1.54, 1.807) is 0 Å². The number of nitrogens with one attached hydrogen (secondary N) is 1. The molecule has 0 bridgehead atoms. The van der Waals surface area contributed by atoms with Crippen LogP contribution in [-0.2, 0) is 6.42 Å². The Labute approximate surface area is 138 Å². The molecule has 2 aromatic rings. The standard InChI is InChI=1S/C19H26N4/c1-4-5-9-22-19-11-16(18(13-23-19)15(3)20)6-7-17-12-21-10-8-14(17)2/h6,8,10-13,22H,4-5,7,9,20H2,1-3H3/b16-6-,18-15+. The van der Waals surface area contributed by atoms with Crippen LogP contribution < -0.4 is 21.5 Å². The molecule has 122 valence electrons. The van der Waals surface area contributed by atoms with E-state index in [0.29, 0.717) is 0 Å². The van der Waals surface area contributed by atoms with Gasteiger partial charge in [-0.25, -0.2) is 4.98 Å². The molecule has 0 aromatic carbocycles. The zero-order chi connectivity index (χ0) is 16.7. The number of pyridine rings is 2. The van der Waals surface area contributed by atoms with Crippen LogP contribution in [0.25, 0.3) is 11.8 Å². The molecule has 4 heteroatoms. The van der Waals surface area contributed by atoms with Crippen LogP contribution in [0.1, 0.15) is 37.8 Å². The number of nitrogens with two attached hydrogens (primary N) is 1. The molecule has 0 radical (unpaired) electrons. The Morgan fingerprint density at radius 3 is 2.87 bits per heavy atom. The molecule has 2 heterocycles. The molecular formula is C19H26N4. The lowest BCUT2D eigenvalue weighted by atomic mass is 10.1. The zero-order valence-corrected chi connectivity index (χ0v) is 14.3. The Morgan fingerprint density at radius 2 is 2.17 bits per heavy atom. The summed E-state index contributed by atoms with van der Waals surface area (Å²) in [7, 11) is 0. The SMILES string of the molecule is CCCCNc1cc(=C/Cc2cnccc2C)/c(=C(\C)N)cn1. The first kappa shape index (κ1) is 17.0. The first-order valence-electron chi connectivity index (χ1n) is 8.17. The van der Waals surface area contributed by atoms with Crippen molar-refractivity contribution < 1.29 is 0 Å². The molecule has 0 amide bonds. The Hall–Kier alpha value is -2.36. The summed E-state index contributed by atoms with van der Waals surface area (Å²) in [4.78, 5) is 8.67. The summed E-state index contributed by atoms with van der Waals surface area (Å²) in [6, 6.07) is 4.11. The van der Waals surface area contributed by atoms with E-state index in [1.165, 1.54) is 17.5 Å². The number of hydrogen-bond acceptors (Lipinski definition) is 4. The lowest BCUT2D eigenvalue weighted by molar-refractivity contribution is 0.831. The van der Waals surface area contributed by atoms with E-state index in [2.05, 4.69) is 41.3 Å². The molecule has 0 aliphatic heterocycles. The maximum Gasteiger partial charge on any atom is 0.126 e. The molecule has 0 fully saturated rings. The first-order chi connectivity index (χ1) is 11.1. The second-order valence-electron chi connectivity index (χ2n) is 5.83. The number of hydrogen-bond donors (Lipinski definition) is 2. The molecule has 0 aliphatic rings.